The third kappa shape index (κ3) is 2.45. The van der Waals surface area contributed by atoms with Crippen molar-refractivity contribution in [2.75, 3.05) is 0 Å². The quantitative estimate of drug-likeness (QED) is 0.536. The molecule has 0 saturated heterocycles. The molecule has 0 bridgehead atoms. The first-order valence-electron chi connectivity index (χ1n) is 6.10. The second-order valence-corrected chi connectivity index (χ2v) is 12.4. The molecule has 1 fully saturated rings. The molecule has 0 spiro atoms. The Morgan fingerprint density at radius 1 is 1.27 bits per heavy atom. The standard InChI is InChI=1S/C12H27NOSi/c1-11(2,3)15(4,5)10-8-6-7-9-12(10,13)14/h10,14H,6-9,13H2,1-5H3. The Morgan fingerprint density at radius 3 is 2.20 bits per heavy atom. The summed E-state index contributed by atoms with van der Waals surface area (Å²) in [6, 6.07) is 0. The summed E-state index contributed by atoms with van der Waals surface area (Å²) in [5.74, 6) is 0. The lowest BCUT2D eigenvalue weighted by Gasteiger charge is -2.51. The molecule has 3 heteroatoms. The van der Waals surface area contributed by atoms with Crippen molar-refractivity contribution in [1.29, 1.82) is 0 Å². The third-order valence-corrected chi connectivity index (χ3v) is 11.1. The van der Waals surface area contributed by atoms with E-state index >= 15 is 0 Å². The van der Waals surface area contributed by atoms with Gasteiger partial charge in [-0.2, -0.15) is 0 Å². The molecule has 2 unspecified atom stereocenters. The van der Waals surface area contributed by atoms with Crippen molar-refractivity contribution in [3.05, 3.63) is 0 Å². The minimum absolute atomic E-state index is 0.308. The maximum atomic E-state index is 10.3. The molecular weight excluding hydrogens is 202 g/mol. The first-order valence-corrected chi connectivity index (χ1v) is 9.18. The molecule has 0 aromatic rings. The highest BCUT2D eigenvalue weighted by Gasteiger charge is 2.50. The first-order chi connectivity index (χ1) is 6.59. The molecule has 1 saturated carbocycles. The number of hydrogen-bond donors (Lipinski definition) is 2. The van der Waals surface area contributed by atoms with Gasteiger partial charge in [0, 0.05) is 0 Å². The van der Waals surface area contributed by atoms with Crippen LogP contribution in [0.1, 0.15) is 46.5 Å². The van der Waals surface area contributed by atoms with Crippen LogP contribution >= 0.6 is 0 Å². The second kappa shape index (κ2) is 3.86. The fourth-order valence-corrected chi connectivity index (χ4v) is 6.05. The summed E-state index contributed by atoms with van der Waals surface area (Å²) in [7, 11) is -1.51. The maximum Gasteiger partial charge on any atom is 0.114 e. The Balaban J connectivity index is 2.94. The lowest BCUT2D eigenvalue weighted by molar-refractivity contribution is 0.00704. The van der Waals surface area contributed by atoms with Crippen LogP contribution < -0.4 is 5.73 Å². The Morgan fingerprint density at radius 2 is 1.80 bits per heavy atom. The monoisotopic (exact) mass is 229 g/mol. The summed E-state index contributed by atoms with van der Waals surface area (Å²) in [5, 5.41) is 10.7. The lowest BCUT2D eigenvalue weighted by atomic mass is 9.92. The summed E-state index contributed by atoms with van der Waals surface area (Å²) in [6.45, 7) is 11.6. The lowest BCUT2D eigenvalue weighted by Crippen LogP contribution is -2.58. The molecule has 0 aromatic heterocycles. The van der Waals surface area contributed by atoms with Gasteiger partial charge in [-0.3, -0.25) is 0 Å². The van der Waals surface area contributed by atoms with E-state index in [0.29, 0.717) is 10.6 Å². The highest BCUT2D eigenvalue weighted by Crippen LogP contribution is 2.51. The predicted octanol–water partition coefficient (Wildman–Crippen LogP) is 3.09. The fourth-order valence-electron chi connectivity index (χ4n) is 2.69. The summed E-state index contributed by atoms with van der Waals surface area (Å²) in [4.78, 5) is 0. The largest absolute Gasteiger partial charge is 0.376 e. The van der Waals surface area contributed by atoms with Gasteiger partial charge in [0.05, 0.1) is 8.07 Å². The highest BCUT2D eigenvalue weighted by atomic mass is 28.3. The zero-order valence-electron chi connectivity index (χ0n) is 10.9. The number of rotatable bonds is 1. The van der Waals surface area contributed by atoms with E-state index in [0.717, 1.165) is 19.3 Å². The molecule has 0 aliphatic heterocycles. The van der Waals surface area contributed by atoms with Gasteiger partial charge in [0.1, 0.15) is 5.72 Å². The number of aliphatic hydroxyl groups is 1. The van der Waals surface area contributed by atoms with Crippen molar-refractivity contribution >= 4 is 8.07 Å². The Hall–Kier alpha value is 0.137. The Kier molecular flexibility index (Phi) is 3.40. The summed E-state index contributed by atoms with van der Waals surface area (Å²) < 4.78 is 0. The van der Waals surface area contributed by atoms with E-state index in [2.05, 4.69) is 33.9 Å². The topological polar surface area (TPSA) is 46.2 Å². The van der Waals surface area contributed by atoms with Gasteiger partial charge < -0.3 is 10.8 Å². The normalized spacial score (nSPS) is 34.2. The molecule has 1 aliphatic carbocycles. The number of nitrogens with two attached hydrogens (primary N) is 1. The SMILES string of the molecule is CC(C)(C)[Si](C)(C)C1CCCCC1(N)O. The van der Waals surface area contributed by atoms with Crippen LogP contribution in [0, 0.1) is 0 Å². The summed E-state index contributed by atoms with van der Waals surface area (Å²) in [6.07, 6.45) is 4.21. The van der Waals surface area contributed by atoms with Gasteiger partial charge in [-0.25, -0.2) is 0 Å². The van der Waals surface area contributed by atoms with Crippen LogP contribution in [0.2, 0.25) is 23.7 Å². The molecule has 1 aliphatic rings. The van der Waals surface area contributed by atoms with Crippen LogP contribution in [0.3, 0.4) is 0 Å². The minimum atomic E-state index is -1.51. The van der Waals surface area contributed by atoms with Gasteiger partial charge in [-0.1, -0.05) is 40.3 Å². The fraction of sp³-hybridized carbons (Fsp3) is 1.00. The van der Waals surface area contributed by atoms with E-state index in [1.165, 1.54) is 6.42 Å². The molecule has 90 valence electrons. The average Bonchev–Trinajstić information content (AvgIpc) is 2.00. The van der Waals surface area contributed by atoms with E-state index in [1.807, 2.05) is 0 Å². The molecule has 0 heterocycles. The summed E-state index contributed by atoms with van der Waals surface area (Å²) >= 11 is 0. The zero-order chi connectivity index (χ0) is 11.9. The molecule has 3 N–H and O–H groups in total. The predicted molar refractivity (Wildman–Crippen MR) is 68.6 cm³/mol. The first kappa shape index (κ1) is 13.2. The molecule has 2 nitrogen and oxygen atoms in total. The molecule has 0 amide bonds. The average molecular weight is 229 g/mol. The third-order valence-electron chi connectivity index (χ3n) is 4.73. The van der Waals surface area contributed by atoms with Crippen LogP contribution in [-0.4, -0.2) is 18.9 Å². The van der Waals surface area contributed by atoms with Gasteiger partial charge in [-0.05, 0) is 29.8 Å². The van der Waals surface area contributed by atoms with Crippen LogP contribution in [0.5, 0.6) is 0 Å². The zero-order valence-corrected chi connectivity index (χ0v) is 11.9. The maximum absolute atomic E-state index is 10.3. The second-order valence-electron chi connectivity index (χ2n) is 6.76. The van der Waals surface area contributed by atoms with Crippen molar-refractivity contribution < 1.29 is 5.11 Å². The van der Waals surface area contributed by atoms with Crippen molar-refractivity contribution in [3.8, 4) is 0 Å². The smallest absolute Gasteiger partial charge is 0.114 e. The van der Waals surface area contributed by atoms with E-state index in [9.17, 15) is 5.11 Å². The van der Waals surface area contributed by atoms with Crippen molar-refractivity contribution in [1.82, 2.24) is 0 Å². The van der Waals surface area contributed by atoms with Crippen LogP contribution in [0.15, 0.2) is 0 Å². The van der Waals surface area contributed by atoms with Crippen molar-refractivity contribution in [3.63, 3.8) is 0 Å². The molecule has 0 aromatic carbocycles. The van der Waals surface area contributed by atoms with Gasteiger partial charge >= 0.3 is 0 Å². The van der Waals surface area contributed by atoms with Gasteiger partial charge in [0.25, 0.3) is 0 Å². The van der Waals surface area contributed by atoms with Crippen molar-refractivity contribution in [2.45, 2.75) is 75.9 Å². The van der Waals surface area contributed by atoms with E-state index in [1.54, 1.807) is 0 Å². The van der Waals surface area contributed by atoms with Crippen LogP contribution in [0.25, 0.3) is 0 Å². The van der Waals surface area contributed by atoms with Gasteiger partial charge in [0.15, 0.2) is 0 Å². The van der Waals surface area contributed by atoms with Crippen molar-refractivity contribution in [2.24, 2.45) is 5.73 Å². The molecule has 15 heavy (non-hydrogen) atoms. The highest BCUT2D eigenvalue weighted by molar-refractivity contribution is 6.81. The number of hydrogen-bond acceptors (Lipinski definition) is 2. The Labute approximate surface area is 95.3 Å². The molecule has 1 rings (SSSR count). The van der Waals surface area contributed by atoms with Crippen LogP contribution in [0.4, 0.5) is 0 Å². The Bertz CT molecular complexity index is 230. The van der Waals surface area contributed by atoms with Crippen LogP contribution in [-0.2, 0) is 0 Å². The van der Waals surface area contributed by atoms with Gasteiger partial charge in [0.2, 0.25) is 0 Å². The summed E-state index contributed by atoms with van der Waals surface area (Å²) in [5.41, 5.74) is 5.54. The van der Waals surface area contributed by atoms with E-state index < -0.39 is 13.8 Å². The van der Waals surface area contributed by atoms with E-state index in [4.69, 9.17) is 5.73 Å². The molecule has 2 atom stereocenters. The molecular formula is C12H27NOSi. The minimum Gasteiger partial charge on any atom is -0.376 e. The molecule has 0 radical (unpaired) electrons. The van der Waals surface area contributed by atoms with Gasteiger partial charge in [-0.15, -0.1) is 0 Å². The van der Waals surface area contributed by atoms with E-state index in [-0.39, 0.29) is 0 Å².